The molecule has 0 spiro atoms. The van der Waals surface area contributed by atoms with E-state index in [1.54, 1.807) is 18.4 Å². The van der Waals surface area contributed by atoms with Crippen molar-refractivity contribution in [3.05, 3.63) is 65.9 Å². The fraction of sp³-hybridized carbons (Fsp3) is 0.318. The normalized spacial score (nSPS) is 16.9. The Balaban J connectivity index is 1.35. The molecule has 2 heterocycles. The molecule has 140 valence electrons. The molecule has 0 atom stereocenters. The van der Waals surface area contributed by atoms with Gasteiger partial charge in [-0.25, -0.2) is 0 Å². The van der Waals surface area contributed by atoms with Crippen LogP contribution in [-0.4, -0.2) is 50.0 Å². The lowest BCUT2D eigenvalue weighted by atomic mass is 10.1. The highest BCUT2D eigenvalue weighted by atomic mass is 16.5. The highest BCUT2D eigenvalue weighted by Crippen LogP contribution is 2.30. The maximum atomic E-state index is 12.7. The van der Waals surface area contributed by atoms with E-state index in [-0.39, 0.29) is 5.78 Å². The predicted molar refractivity (Wildman–Crippen MR) is 106 cm³/mol. The summed E-state index contributed by atoms with van der Waals surface area (Å²) in [6, 6.07) is 14.0. The van der Waals surface area contributed by atoms with Gasteiger partial charge in [-0.2, -0.15) is 0 Å². The van der Waals surface area contributed by atoms with Gasteiger partial charge in [0.25, 0.3) is 0 Å². The number of ketones is 1. The van der Waals surface area contributed by atoms with Gasteiger partial charge in [-0.1, -0.05) is 17.7 Å². The summed E-state index contributed by atoms with van der Waals surface area (Å²) in [5.41, 5.74) is 3.18. The number of carbonyl (C=O) groups excluding carboxylic acids is 1. The molecule has 2 aromatic rings. The summed E-state index contributed by atoms with van der Waals surface area (Å²) in [6.07, 6.45) is 3.40. The first-order valence-electron chi connectivity index (χ1n) is 9.35. The van der Waals surface area contributed by atoms with E-state index in [9.17, 15) is 4.79 Å². The number of carbonyl (C=O) groups is 1. The first-order valence-corrected chi connectivity index (χ1v) is 9.35. The number of Topliss-reactive ketones (excluding diaryl/α,β-unsaturated/α-hetero) is 1. The number of ether oxygens (including phenoxy) is 2. The number of aryl methyl sites for hydroxylation is 1. The van der Waals surface area contributed by atoms with E-state index in [1.165, 1.54) is 11.3 Å². The van der Waals surface area contributed by atoms with Crippen molar-refractivity contribution in [2.45, 2.75) is 6.92 Å². The van der Waals surface area contributed by atoms with Gasteiger partial charge in [0.1, 0.15) is 6.61 Å². The number of hydrogen-bond donors (Lipinski definition) is 0. The topological polar surface area (TPSA) is 42.0 Å². The van der Waals surface area contributed by atoms with Crippen LogP contribution in [0.25, 0.3) is 0 Å². The minimum atomic E-state index is 0.110. The van der Waals surface area contributed by atoms with Crippen LogP contribution in [0.3, 0.4) is 0 Å². The van der Waals surface area contributed by atoms with E-state index in [4.69, 9.17) is 9.47 Å². The quantitative estimate of drug-likeness (QED) is 0.779. The highest BCUT2D eigenvalue weighted by Gasteiger charge is 2.21. The second kappa shape index (κ2) is 7.84. The average Bonchev–Trinajstić information content (AvgIpc) is 2.94. The molecule has 0 saturated carbocycles. The van der Waals surface area contributed by atoms with Gasteiger partial charge in [0.2, 0.25) is 0 Å². The monoisotopic (exact) mass is 364 g/mol. The van der Waals surface area contributed by atoms with Crippen LogP contribution in [0.1, 0.15) is 15.9 Å². The van der Waals surface area contributed by atoms with Crippen LogP contribution in [0, 0.1) is 6.92 Å². The molecule has 0 bridgehead atoms. The summed E-state index contributed by atoms with van der Waals surface area (Å²) in [5.74, 6) is 1.38. The first-order chi connectivity index (χ1) is 13.2. The van der Waals surface area contributed by atoms with Crippen LogP contribution in [0.5, 0.6) is 11.5 Å². The minimum Gasteiger partial charge on any atom is -0.485 e. The molecule has 0 unspecified atom stereocenters. The molecule has 0 aliphatic carbocycles. The van der Waals surface area contributed by atoms with E-state index in [0.29, 0.717) is 30.2 Å². The zero-order valence-electron chi connectivity index (χ0n) is 15.6. The van der Waals surface area contributed by atoms with Gasteiger partial charge < -0.3 is 14.4 Å². The average molecular weight is 364 g/mol. The lowest BCUT2D eigenvalue weighted by Gasteiger charge is -2.35. The molecule has 2 aromatic carbocycles. The Morgan fingerprint density at radius 1 is 1.00 bits per heavy atom. The van der Waals surface area contributed by atoms with Crippen molar-refractivity contribution in [3.63, 3.8) is 0 Å². The smallest absolute Gasteiger partial charge is 0.176 e. The van der Waals surface area contributed by atoms with Crippen molar-refractivity contribution >= 4 is 11.5 Å². The number of benzene rings is 2. The molecule has 27 heavy (non-hydrogen) atoms. The van der Waals surface area contributed by atoms with Crippen LogP contribution in [-0.2, 0) is 0 Å². The van der Waals surface area contributed by atoms with Crippen LogP contribution < -0.4 is 14.4 Å². The molecular weight excluding hydrogens is 340 g/mol. The third-order valence-electron chi connectivity index (χ3n) is 5.03. The van der Waals surface area contributed by atoms with Gasteiger partial charge in [0, 0.05) is 37.4 Å². The molecule has 2 aliphatic rings. The molecule has 0 N–H and O–H groups in total. The Bertz CT molecular complexity index is 837. The van der Waals surface area contributed by atoms with Gasteiger partial charge in [-0.15, -0.1) is 0 Å². The van der Waals surface area contributed by atoms with E-state index >= 15 is 0 Å². The SMILES string of the molecule is Cc1ccc(N2CCN(CC(=O)c3ccc4c(c3)OC=CCO4)CC2)cc1. The summed E-state index contributed by atoms with van der Waals surface area (Å²) < 4.78 is 11.1. The highest BCUT2D eigenvalue weighted by molar-refractivity contribution is 5.98. The minimum absolute atomic E-state index is 0.110. The standard InChI is InChI=1S/C22H24N2O3/c1-17-3-6-19(7-4-17)24-11-9-23(10-12-24)16-20(25)18-5-8-21-22(15-18)27-14-2-13-26-21/h2-8,14-15H,9-13,16H2,1H3. The second-order valence-electron chi connectivity index (χ2n) is 6.98. The number of nitrogens with zero attached hydrogens (tertiary/aromatic N) is 2. The molecule has 4 rings (SSSR count). The maximum Gasteiger partial charge on any atom is 0.176 e. The second-order valence-corrected chi connectivity index (χ2v) is 6.98. The van der Waals surface area contributed by atoms with Gasteiger partial charge >= 0.3 is 0 Å². The Morgan fingerprint density at radius 2 is 1.78 bits per heavy atom. The number of fused-ring (bicyclic) bond motifs is 1. The lowest BCUT2D eigenvalue weighted by molar-refractivity contribution is 0.0926. The summed E-state index contributed by atoms with van der Waals surface area (Å²) in [7, 11) is 0. The molecule has 1 fully saturated rings. The fourth-order valence-corrected chi connectivity index (χ4v) is 3.41. The Kier molecular flexibility index (Phi) is 5.12. The third kappa shape index (κ3) is 4.14. The molecule has 5 nitrogen and oxygen atoms in total. The van der Waals surface area contributed by atoms with E-state index in [0.717, 1.165) is 26.2 Å². The molecule has 0 radical (unpaired) electrons. The Hall–Kier alpha value is -2.79. The van der Waals surface area contributed by atoms with E-state index in [2.05, 4.69) is 41.0 Å². The largest absolute Gasteiger partial charge is 0.485 e. The Labute approximate surface area is 159 Å². The predicted octanol–water partition coefficient (Wildman–Crippen LogP) is 3.28. The summed E-state index contributed by atoms with van der Waals surface area (Å²) in [5, 5.41) is 0. The van der Waals surface area contributed by atoms with Crippen molar-refractivity contribution in [1.29, 1.82) is 0 Å². The van der Waals surface area contributed by atoms with Crippen molar-refractivity contribution in [2.75, 3.05) is 44.2 Å². The van der Waals surface area contributed by atoms with Crippen LogP contribution >= 0.6 is 0 Å². The zero-order chi connectivity index (χ0) is 18.6. The number of rotatable bonds is 4. The molecule has 0 aromatic heterocycles. The summed E-state index contributed by atoms with van der Waals surface area (Å²) in [6.45, 7) is 6.64. The molecule has 1 saturated heterocycles. The van der Waals surface area contributed by atoms with Crippen molar-refractivity contribution in [1.82, 2.24) is 4.90 Å². The number of anilines is 1. The fourth-order valence-electron chi connectivity index (χ4n) is 3.41. The summed E-state index contributed by atoms with van der Waals surface area (Å²) >= 11 is 0. The van der Waals surface area contributed by atoms with Crippen LogP contribution in [0.4, 0.5) is 5.69 Å². The van der Waals surface area contributed by atoms with Gasteiger partial charge in [-0.05, 0) is 43.3 Å². The third-order valence-corrected chi connectivity index (χ3v) is 5.03. The van der Waals surface area contributed by atoms with Gasteiger partial charge in [0.05, 0.1) is 12.8 Å². The van der Waals surface area contributed by atoms with Crippen LogP contribution in [0.15, 0.2) is 54.8 Å². The number of hydrogen-bond acceptors (Lipinski definition) is 5. The van der Waals surface area contributed by atoms with Crippen molar-refractivity contribution in [2.24, 2.45) is 0 Å². The molecule has 2 aliphatic heterocycles. The van der Waals surface area contributed by atoms with Crippen molar-refractivity contribution < 1.29 is 14.3 Å². The molecule has 0 amide bonds. The van der Waals surface area contributed by atoms with Crippen molar-refractivity contribution in [3.8, 4) is 11.5 Å². The zero-order valence-corrected chi connectivity index (χ0v) is 15.6. The number of piperazine rings is 1. The van der Waals surface area contributed by atoms with E-state index < -0.39 is 0 Å². The molecule has 5 heteroatoms. The molecular formula is C22H24N2O3. The Morgan fingerprint density at radius 3 is 2.56 bits per heavy atom. The van der Waals surface area contributed by atoms with Crippen LogP contribution in [0.2, 0.25) is 0 Å². The lowest BCUT2D eigenvalue weighted by Crippen LogP contribution is -2.48. The maximum absolute atomic E-state index is 12.7. The van der Waals surface area contributed by atoms with Gasteiger partial charge in [0.15, 0.2) is 17.3 Å². The first kappa shape index (κ1) is 17.6. The van der Waals surface area contributed by atoms with E-state index in [1.807, 2.05) is 12.1 Å². The van der Waals surface area contributed by atoms with Gasteiger partial charge in [-0.3, -0.25) is 9.69 Å². The summed E-state index contributed by atoms with van der Waals surface area (Å²) in [4.78, 5) is 17.3.